The van der Waals surface area contributed by atoms with Gasteiger partial charge in [-0.15, -0.1) is 48.0 Å². The number of fused-ring (bicyclic) bond motifs is 3. The van der Waals surface area contributed by atoms with Crippen molar-refractivity contribution in [1.29, 1.82) is 0 Å². The molecule has 0 amide bonds. The number of nitrogens with zero attached hydrogens (tertiary/aromatic N) is 2. The van der Waals surface area contributed by atoms with Crippen LogP contribution in [-0.2, 0) is 26.5 Å². The van der Waals surface area contributed by atoms with Crippen LogP contribution in [0.5, 0.6) is 0 Å². The minimum atomic E-state index is -1.53. The van der Waals surface area contributed by atoms with Crippen molar-refractivity contribution in [3.8, 4) is 33.6 Å². The Balaban J connectivity index is 0.000000237. The van der Waals surface area contributed by atoms with Crippen molar-refractivity contribution in [3.63, 3.8) is 0 Å². The molecule has 7 aromatic rings. The Morgan fingerprint density at radius 3 is 2.16 bits per heavy atom. The van der Waals surface area contributed by atoms with Crippen LogP contribution in [0.3, 0.4) is 0 Å². The summed E-state index contributed by atoms with van der Waals surface area (Å²) in [6, 6.07) is 34.3. The normalized spacial score (nSPS) is 12.5. The third kappa shape index (κ3) is 8.66. The van der Waals surface area contributed by atoms with Crippen LogP contribution in [0, 0.1) is 29.2 Å². The third-order valence-electron chi connectivity index (χ3n) is 7.83. The van der Waals surface area contributed by atoms with E-state index in [1.807, 2.05) is 63.4 Å². The Morgan fingerprint density at radius 1 is 0.776 bits per heavy atom. The van der Waals surface area contributed by atoms with Crippen LogP contribution in [-0.4, -0.2) is 18.0 Å². The zero-order chi connectivity index (χ0) is 35.8. The largest absolute Gasteiger partial charge is 0.501 e. The third-order valence-corrected chi connectivity index (χ3v) is 9.85. The van der Waals surface area contributed by atoms with E-state index < -0.39 is 19.9 Å². The molecule has 3 nitrogen and oxygen atoms in total. The van der Waals surface area contributed by atoms with Gasteiger partial charge in [0.25, 0.3) is 0 Å². The fourth-order valence-electron chi connectivity index (χ4n) is 5.39. The monoisotopic (exact) mass is 847 g/mol. The van der Waals surface area contributed by atoms with Crippen LogP contribution in [0.1, 0.15) is 29.1 Å². The number of aromatic nitrogens is 2. The smallest absolute Gasteiger partial charge is 0.123 e. The maximum Gasteiger partial charge on any atom is 0.123 e. The minimum absolute atomic E-state index is 0. The first-order valence-electron chi connectivity index (χ1n) is 16.9. The van der Waals surface area contributed by atoms with Gasteiger partial charge in [-0.2, -0.15) is 0 Å². The average molecular weight is 847 g/mol. The first-order chi connectivity index (χ1) is 23.6. The molecule has 0 saturated carbocycles. The molecule has 0 fully saturated rings. The number of rotatable bonds is 5. The second-order valence-corrected chi connectivity index (χ2v) is 18.9. The molecule has 1 radical (unpaired) electrons. The number of furan rings is 1. The molecular formula is C42H38F2IrN2OSi-2. The van der Waals surface area contributed by atoms with Crippen LogP contribution < -0.4 is 5.19 Å². The van der Waals surface area contributed by atoms with Gasteiger partial charge in [-0.1, -0.05) is 99.4 Å². The molecule has 4 aromatic carbocycles. The van der Waals surface area contributed by atoms with Crippen LogP contribution in [0.2, 0.25) is 19.6 Å². The van der Waals surface area contributed by atoms with E-state index >= 15 is 0 Å². The van der Waals surface area contributed by atoms with Gasteiger partial charge < -0.3 is 14.4 Å². The van der Waals surface area contributed by atoms with Gasteiger partial charge in [0.2, 0.25) is 0 Å². The number of hydrogen-bond acceptors (Lipinski definition) is 3. The molecule has 0 aliphatic heterocycles. The van der Waals surface area contributed by atoms with Crippen molar-refractivity contribution in [2.75, 3.05) is 0 Å². The van der Waals surface area contributed by atoms with E-state index in [1.54, 1.807) is 36.5 Å². The summed E-state index contributed by atoms with van der Waals surface area (Å²) >= 11 is 0. The van der Waals surface area contributed by atoms with Gasteiger partial charge in [0.05, 0.1) is 13.7 Å². The summed E-state index contributed by atoms with van der Waals surface area (Å²) in [5, 5.41) is 3.23. The van der Waals surface area contributed by atoms with Gasteiger partial charge >= 0.3 is 0 Å². The van der Waals surface area contributed by atoms with E-state index in [0.29, 0.717) is 28.0 Å². The molecule has 7 heteroatoms. The minimum Gasteiger partial charge on any atom is -0.501 e. The molecule has 0 atom stereocenters. The summed E-state index contributed by atoms with van der Waals surface area (Å²) in [5.74, 6) is -0.540. The Hall–Kier alpha value is -4.29. The molecule has 3 aromatic heterocycles. The van der Waals surface area contributed by atoms with Crippen LogP contribution >= 0.6 is 0 Å². The van der Waals surface area contributed by atoms with Gasteiger partial charge in [0.1, 0.15) is 11.4 Å². The standard InChI is InChI=1S/C28H23FNO.C14H15FNSi.Ir/c1-28(2,3)17-18-13-14-30-25(15-18)24-6-4-5-23-22-12-9-20(16-26(22)31-27(23)24)19-7-10-21(29)11-8-19;1-17(2,3)13-8-9-14(16-10-13)11-4-6-12(15)7-5-11;/h4-5,7-16H,17H2,1-3H3;4,6-10H,1-3H3;/q2*-1;/i17D2;;. The zero-order valence-electron chi connectivity index (χ0n) is 30.3. The predicted octanol–water partition coefficient (Wildman–Crippen LogP) is 11.1. The van der Waals surface area contributed by atoms with Crippen molar-refractivity contribution >= 4 is 35.2 Å². The Labute approximate surface area is 304 Å². The molecule has 0 bridgehead atoms. The molecule has 49 heavy (non-hydrogen) atoms. The van der Waals surface area contributed by atoms with Crippen LogP contribution in [0.4, 0.5) is 8.78 Å². The molecule has 251 valence electrons. The second-order valence-electron chi connectivity index (χ2n) is 13.8. The molecule has 0 saturated heterocycles. The van der Waals surface area contributed by atoms with Gasteiger partial charge in [-0.25, -0.2) is 4.39 Å². The Morgan fingerprint density at radius 2 is 1.51 bits per heavy atom. The summed E-state index contributed by atoms with van der Waals surface area (Å²) < 4.78 is 49.6. The maximum absolute atomic E-state index is 13.3. The van der Waals surface area contributed by atoms with E-state index in [9.17, 15) is 8.78 Å². The summed E-state index contributed by atoms with van der Waals surface area (Å²) in [4.78, 5) is 8.93. The molecule has 0 spiro atoms. The van der Waals surface area contributed by atoms with E-state index in [4.69, 9.17) is 7.16 Å². The summed E-state index contributed by atoms with van der Waals surface area (Å²) in [7, 11) is -1.30. The topological polar surface area (TPSA) is 38.9 Å². The van der Waals surface area contributed by atoms with Crippen molar-refractivity contribution < 1.29 is 36.0 Å². The number of pyridine rings is 2. The fraction of sp³-hybridized carbons (Fsp3) is 0.190. The first-order valence-corrected chi connectivity index (χ1v) is 19.4. The van der Waals surface area contributed by atoms with Crippen molar-refractivity contribution in [2.24, 2.45) is 5.41 Å². The number of benzene rings is 4. The van der Waals surface area contributed by atoms with E-state index in [0.717, 1.165) is 33.2 Å². The van der Waals surface area contributed by atoms with Crippen LogP contribution in [0.25, 0.3) is 55.6 Å². The Kier molecular flexibility index (Phi) is 9.95. The molecule has 0 N–H and O–H groups in total. The number of hydrogen-bond donors (Lipinski definition) is 0. The van der Waals surface area contributed by atoms with Crippen molar-refractivity contribution in [1.82, 2.24) is 9.97 Å². The Bertz CT molecular complexity index is 2280. The van der Waals surface area contributed by atoms with Gasteiger partial charge in [-0.05, 0) is 63.8 Å². The van der Waals surface area contributed by atoms with Crippen LogP contribution in [0.15, 0.2) is 114 Å². The molecular weight excluding hydrogens is 807 g/mol. The summed E-state index contributed by atoms with van der Waals surface area (Å²) in [6.07, 6.45) is 2.03. The zero-order valence-corrected chi connectivity index (χ0v) is 31.7. The van der Waals surface area contributed by atoms with Crippen molar-refractivity contribution in [3.05, 3.63) is 139 Å². The van der Waals surface area contributed by atoms with E-state index in [2.05, 4.69) is 47.8 Å². The summed E-state index contributed by atoms with van der Waals surface area (Å²) in [5.41, 5.74) is 6.19. The quantitative estimate of drug-likeness (QED) is 0.128. The van der Waals surface area contributed by atoms with Gasteiger partial charge in [0, 0.05) is 46.4 Å². The van der Waals surface area contributed by atoms with E-state index in [-0.39, 0.29) is 31.7 Å². The maximum atomic E-state index is 13.3. The number of halogens is 2. The average Bonchev–Trinajstić information content (AvgIpc) is 3.47. The molecule has 0 unspecified atom stereocenters. The van der Waals surface area contributed by atoms with Gasteiger partial charge in [-0.3, -0.25) is 4.39 Å². The molecule has 3 heterocycles. The first kappa shape index (κ1) is 33.2. The molecule has 0 aliphatic carbocycles. The SMILES string of the molecule is C[Si](C)(C)c1ccc(-c2[c-]cc(F)cc2)nc1.[2H]C([2H])(c1ccnc(-c2[c-]ccc3c2oc2cc(-c4ccc(F)cc4)ccc23)c1)C(C)(C)C.[Ir]. The molecule has 7 rings (SSSR count). The fourth-order valence-corrected chi connectivity index (χ4v) is 6.43. The summed E-state index contributed by atoms with van der Waals surface area (Å²) in [6.45, 7) is 12.5. The molecule has 0 aliphatic rings. The predicted molar refractivity (Wildman–Crippen MR) is 196 cm³/mol. The van der Waals surface area contributed by atoms with Gasteiger partial charge in [0.15, 0.2) is 0 Å². The second kappa shape index (κ2) is 14.7. The van der Waals surface area contributed by atoms with Crippen molar-refractivity contribution in [2.45, 2.75) is 46.8 Å². The van der Waals surface area contributed by atoms with E-state index in [1.165, 1.54) is 29.5 Å².